The highest BCUT2D eigenvalue weighted by molar-refractivity contribution is 6.03. The van der Waals surface area contributed by atoms with Crippen LogP contribution in [-0.4, -0.2) is 34.6 Å². The van der Waals surface area contributed by atoms with Gasteiger partial charge in [-0.1, -0.05) is 19.3 Å². The summed E-state index contributed by atoms with van der Waals surface area (Å²) in [7, 11) is 0. The molecule has 1 N–H and O–H groups in total. The van der Waals surface area contributed by atoms with Crippen LogP contribution in [0.15, 0.2) is 15.5 Å². The molecule has 1 saturated carbocycles. The number of carbonyl (C=O) groups is 2. The molecule has 0 radical (unpaired) electrons. The van der Waals surface area contributed by atoms with Gasteiger partial charge >= 0.3 is 5.97 Å². The van der Waals surface area contributed by atoms with E-state index in [2.05, 4.69) is 10.3 Å². The van der Waals surface area contributed by atoms with Gasteiger partial charge in [0.2, 0.25) is 11.6 Å². The van der Waals surface area contributed by atoms with Crippen LogP contribution in [0.4, 0.5) is 0 Å². The lowest BCUT2D eigenvalue weighted by molar-refractivity contribution is -0.121. The van der Waals surface area contributed by atoms with Gasteiger partial charge in [0.1, 0.15) is 29.6 Å². The summed E-state index contributed by atoms with van der Waals surface area (Å²) in [5.74, 6) is -0.103. The summed E-state index contributed by atoms with van der Waals surface area (Å²) < 4.78 is 11.6. The lowest BCUT2D eigenvalue weighted by atomic mass is 9.89. The number of esters is 1. The maximum atomic E-state index is 12.8. The second-order valence-electron chi connectivity index (χ2n) is 6.92. The number of nitrogens with zero attached hydrogens (tertiary/aromatic N) is 2. The summed E-state index contributed by atoms with van der Waals surface area (Å²) in [4.78, 5) is 41.3. The largest absolute Gasteiger partial charge is 0.462 e. The average molecular weight is 375 g/mol. The van der Waals surface area contributed by atoms with Crippen LogP contribution >= 0.6 is 0 Å². The van der Waals surface area contributed by atoms with Gasteiger partial charge in [-0.05, 0) is 32.6 Å². The Balaban J connectivity index is 1.77. The monoisotopic (exact) mass is 375 g/mol. The maximum Gasteiger partial charge on any atom is 0.342 e. The standard InChI is InChI=1S/C19H25N3O5/c1-3-26-19(25)15-12(2)27-17-16(15)18(24)22(11-21-17)10-14(23)20-9-13-7-5-4-6-8-13/h11,13H,3-10H2,1-2H3,(H,20,23). The minimum absolute atomic E-state index is 0.0496. The molecule has 0 saturated heterocycles. The molecule has 2 aromatic rings. The molecule has 1 aliphatic rings. The van der Waals surface area contributed by atoms with Crippen LogP contribution in [-0.2, 0) is 16.1 Å². The van der Waals surface area contributed by atoms with E-state index in [1.54, 1.807) is 13.8 Å². The predicted molar refractivity (Wildman–Crippen MR) is 98.5 cm³/mol. The molecule has 1 amide bonds. The molecule has 1 aliphatic carbocycles. The molecule has 0 aromatic carbocycles. The van der Waals surface area contributed by atoms with Crippen molar-refractivity contribution in [2.45, 2.75) is 52.5 Å². The number of ether oxygens (including phenoxy) is 1. The molecule has 0 unspecified atom stereocenters. The Labute approximate surface area is 156 Å². The van der Waals surface area contributed by atoms with Crippen molar-refractivity contribution in [2.24, 2.45) is 5.92 Å². The molecule has 8 heteroatoms. The second-order valence-corrected chi connectivity index (χ2v) is 6.92. The predicted octanol–water partition coefficient (Wildman–Crippen LogP) is 2.17. The van der Waals surface area contributed by atoms with E-state index in [1.165, 1.54) is 30.2 Å². The summed E-state index contributed by atoms with van der Waals surface area (Å²) >= 11 is 0. The number of aromatic nitrogens is 2. The van der Waals surface area contributed by atoms with E-state index in [-0.39, 0.29) is 41.5 Å². The van der Waals surface area contributed by atoms with E-state index in [9.17, 15) is 14.4 Å². The van der Waals surface area contributed by atoms with Gasteiger partial charge in [0.05, 0.1) is 6.61 Å². The van der Waals surface area contributed by atoms with E-state index in [4.69, 9.17) is 9.15 Å². The van der Waals surface area contributed by atoms with Gasteiger partial charge in [-0.2, -0.15) is 0 Å². The van der Waals surface area contributed by atoms with Crippen molar-refractivity contribution in [1.29, 1.82) is 0 Å². The Morgan fingerprint density at radius 3 is 2.78 bits per heavy atom. The first-order valence-corrected chi connectivity index (χ1v) is 9.43. The summed E-state index contributed by atoms with van der Waals surface area (Å²) in [6, 6.07) is 0. The van der Waals surface area contributed by atoms with Gasteiger partial charge < -0.3 is 14.5 Å². The zero-order valence-electron chi connectivity index (χ0n) is 15.7. The van der Waals surface area contributed by atoms with Gasteiger partial charge in [0.15, 0.2) is 0 Å². The zero-order valence-corrected chi connectivity index (χ0v) is 15.7. The fourth-order valence-electron chi connectivity index (χ4n) is 3.56. The van der Waals surface area contributed by atoms with Crippen molar-refractivity contribution in [1.82, 2.24) is 14.9 Å². The summed E-state index contributed by atoms with van der Waals surface area (Å²) in [5.41, 5.74) is -0.353. The van der Waals surface area contributed by atoms with Gasteiger partial charge in [-0.3, -0.25) is 14.2 Å². The minimum atomic E-state index is -0.632. The normalized spacial score (nSPS) is 15.0. The molecule has 2 aromatic heterocycles. The highest BCUT2D eigenvalue weighted by atomic mass is 16.5. The van der Waals surface area contributed by atoms with Gasteiger partial charge in [-0.25, -0.2) is 9.78 Å². The van der Waals surface area contributed by atoms with Crippen LogP contribution in [0.5, 0.6) is 0 Å². The molecule has 0 atom stereocenters. The van der Waals surface area contributed by atoms with Crippen molar-refractivity contribution in [2.75, 3.05) is 13.2 Å². The molecule has 0 spiro atoms. The minimum Gasteiger partial charge on any atom is -0.462 e. The van der Waals surface area contributed by atoms with E-state index < -0.39 is 11.5 Å². The van der Waals surface area contributed by atoms with Crippen LogP contribution in [0.3, 0.4) is 0 Å². The van der Waals surface area contributed by atoms with Crippen LogP contribution in [0, 0.1) is 12.8 Å². The second kappa shape index (κ2) is 8.37. The number of furan rings is 1. The quantitative estimate of drug-likeness (QED) is 0.776. The first-order chi connectivity index (χ1) is 13.0. The fraction of sp³-hybridized carbons (Fsp3) is 0.579. The van der Waals surface area contributed by atoms with E-state index in [1.807, 2.05) is 0 Å². The highest BCUT2D eigenvalue weighted by Crippen LogP contribution is 2.23. The van der Waals surface area contributed by atoms with Gasteiger partial charge in [0.25, 0.3) is 5.56 Å². The van der Waals surface area contributed by atoms with Crippen LogP contribution in [0.25, 0.3) is 11.1 Å². The Hall–Kier alpha value is -2.64. The molecular weight excluding hydrogens is 350 g/mol. The first kappa shape index (κ1) is 19.1. The van der Waals surface area contributed by atoms with Crippen LogP contribution in [0.2, 0.25) is 0 Å². The number of amides is 1. The molecule has 8 nitrogen and oxygen atoms in total. The molecule has 0 bridgehead atoms. The Morgan fingerprint density at radius 2 is 2.07 bits per heavy atom. The molecule has 2 heterocycles. The van der Waals surface area contributed by atoms with E-state index in [0.29, 0.717) is 12.5 Å². The number of aryl methyl sites for hydroxylation is 1. The average Bonchev–Trinajstić information content (AvgIpc) is 3.00. The maximum absolute atomic E-state index is 12.8. The smallest absolute Gasteiger partial charge is 0.342 e. The van der Waals surface area contributed by atoms with E-state index >= 15 is 0 Å². The van der Waals surface area contributed by atoms with Crippen molar-refractivity contribution in [3.8, 4) is 0 Å². The van der Waals surface area contributed by atoms with Crippen molar-refractivity contribution in [3.63, 3.8) is 0 Å². The molecule has 27 heavy (non-hydrogen) atoms. The number of hydrogen-bond donors (Lipinski definition) is 1. The number of hydrogen-bond acceptors (Lipinski definition) is 6. The van der Waals surface area contributed by atoms with Gasteiger partial charge in [-0.15, -0.1) is 0 Å². The third-order valence-corrected chi connectivity index (χ3v) is 4.96. The Bertz CT molecular complexity index is 893. The van der Waals surface area contributed by atoms with Gasteiger partial charge in [0, 0.05) is 6.54 Å². The van der Waals surface area contributed by atoms with Crippen molar-refractivity contribution in [3.05, 3.63) is 28.0 Å². The number of fused-ring (bicyclic) bond motifs is 1. The zero-order chi connectivity index (χ0) is 19.4. The SMILES string of the molecule is CCOC(=O)c1c(C)oc2ncn(CC(=O)NCC3CCCCC3)c(=O)c12. The molecule has 1 fully saturated rings. The third-order valence-electron chi connectivity index (χ3n) is 4.96. The van der Waals surface area contributed by atoms with Crippen LogP contribution < -0.4 is 10.9 Å². The fourth-order valence-corrected chi connectivity index (χ4v) is 3.56. The topological polar surface area (TPSA) is 103 Å². The van der Waals surface area contributed by atoms with Crippen molar-refractivity contribution >= 4 is 23.0 Å². The third kappa shape index (κ3) is 4.20. The molecule has 3 rings (SSSR count). The number of carbonyl (C=O) groups excluding carboxylic acids is 2. The number of nitrogens with one attached hydrogen (secondary N) is 1. The molecule has 0 aliphatic heterocycles. The lowest BCUT2D eigenvalue weighted by Crippen LogP contribution is -2.35. The van der Waals surface area contributed by atoms with Crippen molar-refractivity contribution < 1.29 is 18.7 Å². The summed E-state index contributed by atoms with van der Waals surface area (Å²) in [5, 5.41) is 2.95. The Morgan fingerprint density at radius 1 is 1.33 bits per heavy atom. The van der Waals surface area contributed by atoms with E-state index in [0.717, 1.165) is 12.8 Å². The molecule has 146 valence electrons. The summed E-state index contributed by atoms with van der Waals surface area (Å²) in [6.07, 6.45) is 7.20. The molecular formula is C19H25N3O5. The first-order valence-electron chi connectivity index (χ1n) is 9.43. The number of rotatable bonds is 6. The summed E-state index contributed by atoms with van der Waals surface area (Å²) in [6.45, 7) is 3.92. The lowest BCUT2D eigenvalue weighted by Gasteiger charge is -2.21. The van der Waals surface area contributed by atoms with Crippen LogP contribution in [0.1, 0.15) is 55.1 Å². The Kier molecular flexibility index (Phi) is 5.93. The highest BCUT2D eigenvalue weighted by Gasteiger charge is 2.24.